The summed E-state index contributed by atoms with van der Waals surface area (Å²) >= 11 is 0. The van der Waals surface area contributed by atoms with E-state index in [0.29, 0.717) is 11.3 Å². The smallest absolute Gasteiger partial charge is 0.255 e. The summed E-state index contributed by atoms with van der Waals surface area (Å²) in [6.45, 7) is 0.00194. The molecule has 138 valence electrons. The minimum Gasteiger partial charge on any atom is -0.495 e. The van der Waals surface area contributed by atoms with E-state index in [4.69, 9.17) is 4.74 Å². The van der Waals surface area contributed by atoms with Crippen LogP contribution >= 0.6 is 0 Å². The number of hydrogen-bond donors (Lipinski definition) is 3. The van der Waals surface area contributed by atoms with Crippen molar-refractivity contribution in [3.8, 4) is 5.75 Å². The van der Waals surface area contributed by atoms with Gasteiger partial charge in [0.25, 0.3) is 5.91 Å². The summed E-state index contributed by atoms with van der Waals surface area (Å²) in [5.74, 6) is 0.395. The van der Waals surface area contributed by atoms with E-state index in [2.05, 4.69) is 15.5 Å². The summed E-state index contributed by atoms with van der Waals surface area (Å²) in [7, 11) is 1.56. The van der Waals surface area contributed by atoms with Gasteiger partial charge in [-0.3, -0.25) is 9.89 Å². The van der Waals surface area contributed by atoms with E-state index in [0.717, 1.165) is 40.6 Å². The number of carbonyl (C=O) groups is 1. The minimum absolute atomic E-state index is 0.00194. The Morgan fingerprint density at radius 3 is 2.93 bits per heavy atom. The number of benzene rings is 2. The van der Waals surface area contributed by atoms with E-state index in [1.807, 2.05) is 42.5 Å². The first kappa shape index (κ1) is 17.3. The molecule has 0 unspecified atom stereocenters. The normalized spacial score (nSPS) is 14.0. The first-order valence-electron chi connectivity index (χ1n) is 8.93. The number of fused-ring (bicyclic) bond motifs is 1. The van der Waals surface area contributed by atoms with Crippen LogP contribution in [0.3, 0.4) is 0 Å². The zero-order valence-corrected chi connectivity index (χ0v) is 15.0. The number of aromatic amines is 1. The van der Waals surface area contributed by atoms with Crippen molar-refractivity contribution in [2.75, 3.05) is 7.11 Å². The average molecular weight is 363 g/mol. The quantitative estimate of drug-likeness (QED) is 0.628. The fourth-order valence-corrected chi connectivity index (χ4v) is 3.08. The summed E-state index contributed by atoms with van der Waals surface area (Å²) in [4.78, 5) is 12.5. The molecule has 6 heteroatoms. The molecule has 3 N–H and O–H groups in total. The Morgan fingerprint density at radius 1 is 1.33 bits per heavy atom. The maximum atomic E-state index is 12.5. The lowest BCUT2D eigenvalue weighted by atomic mass is 10.1. The van der Waals surface area contributed by atoms with Crippen molar-refractivity contribution in [1.82, 2.24) is 15.5 Å². The number of nitrogens with one attached hydrogen (secondary N) is 2. The molecular formula is C21H21N3O3. The van der Waals surface area contributed by atoms with Gasteiger partial charge in [-0.15, -0.1) is 0 Å². The number of aliphatic hydroxyl groups excluding tert-OH is 1. The molecule has 27 heavy (non-hydrogen) atoms. The van der Waals surface area contributed by atoms with E-state index >= 15 is 0 Å². The van der Waals surface area contributed by atoms with Crippen molar-refractivity contribution in [3.63, 3.8) is 0 Å². The van der Waals surface area contributed by atoms with Gasteiger partial charge in [-0.25, -0.2) is 0 Å². The third-order valence-corrected chi connectivity index (χ3v) is 4.64. The van der Waals surface area contributed by atoms with Crippen LogP contribution in [0.5, 0.6) is 5.75 Å². The van der Waals surface area contributed by atoms with Crippen LogP contribution in [0.2, 0.25) is 0 Å². The van der Waals surface area contributed by atoms with Crippen LogP contribution in [0.15, 0.2) is 36.4 Å². The summed E-state index contributed by atoms with van der Waals surface area (Å²) < 4.78 is 5.58. The van der Waals surface area contributed by atoms with Crippen molar-refractivity contribution in [2.24, 2.45) is 0 Å². The Kier molecular flexibility index (Phi) is 4.64. The van der Waals surface area contributed by atoms with E-state index < -0.39 is 0 Å². The molecule has 3 aromatic rings. The van der Waals surface area contributed by atoms with Crippen molar-refractivity contribution < 1.29 is 14.6 Å². The van der Waals surface area contributed by atoms with Gasteiger partial charge in [-0.05, 0) is 48.2 Å². The van der Waals surface area contributed by atoms with Crippen molar-refractivity contribution in [1.29, 1.82) is 0 Å². The maximum Gasteiger partial charge on any atom is 0.255 e. The van der Waals surface area contributed by atoms with Crippen LogP contribution in [-0.2, 0) is 6.61 Å². The van der Waals surface area contributed by atoms with Gasteiger partial charge in [0.15, 0.2) is 0 Å². The van der Waals surface area contributed by atoms with Gasteiger partial charge in [-0.1, -0.05) is 24.3 Å². The van der Waals surface area contributed by atoms with Crippen LogP contribution in [0.4, 0.5) is 0 Å². The highest BCUT2D eigenvalue weighted by atomic mass is 16.5. The number of carbonyl (C=O) groups excluding carboxylic acids is 1. The summed E-state index contributed by atoms with van der Waals surface area (Å²) in [6.07, 6.45) is 5.89. The van der Waals surface area contributed by atoms with Gasteiger partial charge in [0.2, 0.25) is 0 Å². The molecule has 0 aliphatic heterocycles. The number of hydrogen-bond acceptors (Lipinski definition) is 4. The van der Waals surface area contributed by atoms with Crippen molar-refractivity contribution >= 4 is 29.0 Å². The van der Waals surface area contributed by atoms with Gasteiger partial charge in [-0.2, -0.15) is 5.10 Å². The molecule has 1 aliphatic carbocycles. The maximum absolute atomic E-state index is 12.5. The Bertz CT molecular complexity index is 1020. The molecule has 1 aliphatic rings. The second-order valence-electron chi connectivity index (χ2n) is 6.66. The van der Waals surface area contributed by atoms with Crippen molar-refractivity contribution in [2.45, 2.75) is 25.5 Å². The SMILES string of the molecule is COc1c(C(=O)NC2CC2)ccc2n[nH]c(/C=C/c3cccc(CO)c3)c12. The standard InChI is InChI=1S/C21H21N3O3/c1-27-20-16(21(26)22-15-6-7-15)8-10-18-19(20)17(23-24-18)9-5-13-3-2-4-14(11-13)12-25/h2-5,8-11,15,25H,6-7,12H2,1H3,(H,22,26)(H,23,24)/b9-5+. The summed E-state index contributed by atoms with van der Waals surface area (Å²) in [5.41, 5.74) is 3.82. The van der Waals surface area contributed by atoms with Crippen molar-refractivity contribution in [3.05, 3.63) is 58.8 Å². The predicted molar refractivity (Wildman–Crippen MR) is 104 cm³/mol. The third-order valence-electron chi connectivity index (χ3n) is 4.64. The second kappa shape index (κ2) is 7.25. The van der Waals surface area contributed by atoms with Gasteiger partial charge < -0.3 is 15.2 Å². The van der Waals surface area contributed by atoms with Gasteiger partial charge in [0.1, 0.15) is 5.75 Å². The van der Waals surface area contributed by atoms with Gasteiger partial charge in [0.05, 0.1) is 35.9 Å². The molecule has 1 aromatic heterocycles. The lowest BCUT2D eigenvalue weighted by Gasteiger charge is -2.10. The first-order valence-corrected chi connectivity index (χ1v) is 8.93. The Balaban J connectivity index is 1.72. The topological polar surface area (TPSA) is 87.2 Å². The van der Waals surface area contributed by atoms with Crippen LogP contribution in [0, 0.1) is 0 Å². The van der Waals surface area contributed by atoms with E-state index in [1.54, 1.807) is 13.2 Å². The van der Waals surface area contributed by atoms with Crippen LogP contribution < -0.4 is 10.1 Å². The molecule has 0 radical (unpaired) electrons. The molecule has 6 nitrogen and oxygen atoms in total. The molecule has 1 heterocycles. The van der Waals surface area contributed by atoms with E-state index in [-0.39, 0.29) is 18.6 Å². The zero-order chi connectivity index (χ0) is 18.8. The number of nitrogens with zero attached hydrogens (tertiary/aromatic N) is 1. The molecule has 1 fully saturated rings. The lowest BCUT2D eigenvalue weighted by Crippen LogP contribution is -2.25. The fraction of sp³-hybridized carbons (Fsp3) is 0.238. The highest BCUT2D eigenvalue weighted by Crippen LogP contribution is 2.33. The molecule has 0 atom stereocenters. The van der Waals surface area contributed by atoms with Gasteiger partial charge in [0, 0.05) is 6.04 Å². The Hall–Kier alpha value is -3.12. The summed E-state index contributed by atoms with van der Waals surface area (Å²) in [5, 5.41) is 20.4. The van der Waals surface area contributed by atoms with E-state index in [1.165, 1.54) is 0 Å². The molecule has 0 saturated heterocycles. The Morgan fingerprint density at radius 2 is 2.19 bits per heavy atom. The molecule has 1 amide bonds. The number of aliphatic hydroxyl groups is 1. The van der Waals surface area contributed by atoms with E-state index in [9.17, 15) is 9.90 Å². The highest BCUT2D eigenvalue weighted by Gasteiger charge is 2.26. The third kappa shape index (κ3) is 3.57. The zero-order valence-electron chi connectivity index (χ0n) is 15.0. The second-order valence-corrected chi connectivity index (χ2v) is 6.66. The number of rotatable bonds is 6. The lowest BCUT2D eigenvalue weighted by molar-refractivity contribution is 0.0948. The first-order chi connectivity index (χ1) is 13.2. The number of amides is 1. The number of methoxy groups -OCH3 is 1. The predicted octanol–water partition coefficient (Wildman–Crippen LogP) is 3.13. The average Bonchev–Trinajstić information content (AvgIpc) is 3.42. The summed E-state index contributed by atoms with van der Waals surface area (Å²) in [6, 6.07) is 11.5. The highest BCUT2D eigenvalue weighted by molar-refractivity contribution is 6.05. The molecule has 0 bridgehead atoms. The molecule has 1 saturated carbocycles. The molecule has 2 aromatic carbocycles. The van der Waals surface area contributed by atoms with Crippen LogP contribution in [0.25, 0.3) is 23.1 Å². The van der Waals surface area contributed by atoms with Crippen LogP contribution in [-0.4, -0.2) is 34.4 Å². The fourth-order valence-electron chi connectivity index (χ4n) is 3.08. The van der Waals surface area contributed by atoms with Gasteiger partial charge >= 0.3 is 0 Å². The number of H-pyrrole nitrogens is 1. The molecule has 4 rings (SSSR count). The monoisotopic (exact) mass is 363 g/mol. The minimum atomic E-state index is -0.122. The Labute approximate surface area is 156 Å². The molecular weight excluding hydrogens is 342 g/mol. The number of aromatic nitrogens is 2. The number of ether oxygens (including phenoxy) is 1. The van der Waals surface area contributed by atoms with Crippen LogP contribution in [0.1, 0.15) is 40.0 Å². The molecule has 0 spiro atoms. The largest absolute Gasteiger partial charge is 0.495 e.